The zero-order chi connectivity index (χ0) is 16.3. The van der Waals surface area contributed by atoms with Gasteiger partial charge in [0.15, 0.2) is 0 Å². The number of aromatic nitrogens is 4. The summed E-state index contributed by atoms with van der Waals surface area (Å²) >= 11 is 0. The van der Waals surface area contributed by atoms with Crippen LogP contribution in [0.1, 0.15) is 62.7 Å². The molecule has 2 aromatic rings. The van der Waals surface area contributed by atoms with E-state index in [1.165, 1.54) is 0 Å². The van der Waals surface area contributed by atoms with Crippen molar-refractivity contribution in [2.45, 2.75) is 45.6 Å². The maximum Gasteiger partial charge on any atom is 0.133 e. The molecule has 2 N–H and O–H groups in total. The summed E-state index contributed by atoms with van der Waals surface area (Å²) < 4.78 is 1.68. The predicted molar refractivity (Wildman–Crippen MR) is 86.9 cm³/mol. The number of hydrogen-bond donors (Lipinski definition) is 2. The minimum absolute atomic E-state index is 0.266. The molecule has 0 saturated carbocycles. The summed E-state index contributed by atoms with van der Waals surface area (Å²) in [5.41, 5.74) is 1.80. The third-order valence-electron chi connectivity index (χ3n) is 3.46. The second-order valence-corrected chi connectivity index (χ2v) is 6.19. The lowest BCUT2D eigenvalue weighted by atomic mass is 10.1. The van der Waals surface area contributed by atoms with Crippen LogP contribution in [0, 0.1) is 0 Å². The van der Waals surface area contributed by atoms with Gasteiger partial charge in [0.1, 0.15) is 11.6 Å². The Labute approximate surface area is 131 Å². The Morgan fingerprint density at radius 2 is 1.91 bits per heavy atom. The molecule has 0 aliphatic carbocycles. The van der Waals surface area contributed by atoms with E-state index in [9.17, 15) is 5.11 Å². The van der Waals surface area contributed by atoms with Crippen molar-refractivity contribution >= 4 is 5.82 Å². The highest BCUT2D eigenvalue weighted by molar-refractivity contribution is 5.38. The van der Waals surface area contributed by atoms with E-state index in [0.29, 0.717) is 12.5 Å². The molecular weight excluding hydrogens is 278 g/mol. The van der Waals surface area contributed by atoms with E-state index >= 15 is 0 Å². The van der Waals surface area contributed by atoms with Gasteiger partial charge in [0.05, 0.1) is 12.3 Å². The summed E-state index contributed by atoms with van der Waals surface area (Å²) in [6, 6.07) is 1.95. The second-order valence-electron chi connectivity index (χ2n) is 6.19. The van der Waals surface area contributed by atoms with Crippen LogP contribution in [0.2, 0.25) is 0 Å². The van der Waals surface area contributed by atoms with E-state index in [0.717, 1.165) is 22.9 Å². The highest BCUT2D eigenvalue weighted by Crippen LogP contribution is 2.20. The standard InChI is InChI=1S/C16H25N5O/c1-10(2)13-6-15(20-16(19-13)11(3)4)17-8-14(22)12-7-18-21(5)9-12/h6-7,9-11,14,22H,8H2,1-5H3,(H,17,19,20)/t14-/m1/s1. The Balaban J connectivity index is 2.11. The fraction of sp³-hybridized carbons (Fsp3) is 0.562. The summed E-state index contributed by atoms with van der Waals surface area (Å²) in [4.78, 5) is 9.13. The Bertz CT molecular complexity index is 594. The summed E-state index contributed by atoms with van der Waals surface area (Å²) in [5, 5.41) is 17.5. The molecule has 0 fully saturated rings. The average Bonchev–Trinajstić information content (AvgIpc) is 2.91. The van der Waals surface area contributed by atoms with Gasteiger partial charge in [-0.2, -0.15) is 5.10 Å². The van der Waals surface area contributed by atoms with Crippen LogP contribution in [-0.2, 0) is 7.05 Å². The van der Waals surface area contributed by atoms with E-state index in [4.69, 9.17) is 0 Å². The number of aliphatic hydroxyl groups is 1. The Kier molecular flexibility index (Phi) is 5.13. The van der Waals surface area contributed by atoms with Gasteiger partial charge in [-0.1, -0.05) is 27.7 Å². The lowest BCUT2D eigenvalue weighted by Crippen LogP contribution is -2.14. The van der Waals surface area contributed by atoms with Crippen molar-refractivity contribution in [3.8, 4) is 0 Å². The molecule has 22 heavy (non-hydrogen) atoms. The van der Waals surface area contributed by atoms with Crippen LogP contribution in [0.4, 0.5) is 5.82 Å². The van der Waals surface area contributed by atoms with Crippen molar-refractivity contribution in [1.82, 2.24) is 19.7 Å². The van der Waals surface area contributed by atoms with E-state index in [2.05, 4.69) is 48.1 Å². The van der Waals surface area contributed by atoms with Crippen LogP contribution >= 0.6 is 0 Å². The molecule has 1 atom stereocenters. The molecule has 120 valence electrons. The Morgan fingerprint density at radius 1 is 1.18 bits per heavy atom. The quantitative estimate of drug-likeness (QED) is 0.858. The highest BCUT2D eigenvalue weighted by atomic mass is 16.3. The summed E-state index contributed by atoms with van der Waals surface area (Å²) in [6.07, 6.45) is 2.87. The fourth-order valence-corrected chi connectivity index (χ4v) is 2.06. The number of anilines is 1. The van der Waals surface area contributed by atoms with Gasteiger partial charge in [-0.25, -0.2) is 9.97 Å². The highest BCUT2D eigenvalue weighted by Gasteiger charge is 2.13. The van der Waals surface area contributed by atoms with Crippen LogP contribution in [0.25, 0.3) is 0 Å². The first-order valence-electron chi connectivity index (χ1n) is 7.66. The average molecular weight is 303 g/mol. The molecule has 0 saturated heterocycles. The number of nitrogens with zero attached hydrogens (tertiary/aromatic N) is 4. The molecule has 0 unspecified atom stereocenters. The first kappa shape index (κ1) is 16.4. The van der Waals surface area contributed by atoms with Crippen LogP contribution < -0.4 is 5.32 Å². The maximum atomic E-state index is 10.2. The minimum atomic E-state index is -0.617. The lowest BCUT2D eigenvalue weighted by Gasteiger charge is -2.15. The van der Waals surface area contributed by atoms with Crippen LogP contribution in [0.5, 0.6) is 0 Å². The van der Waals surface area contributed by atoms with Crippen LogP contribution in [0.3, 0.4) is 0 Å². The van der Waals surface area contributed by atoms with Gasteiger partial charge < -0.3 is 10.4 Å². The van der Waals surface area contributed by atoms with Crippen molar-refractivity contribution in [3.05, 3.63) is 35.5 Å². The monoisotopic (exact) mass is 303 g/mol. The molecule has 0 aromatic carbocycles. The summed E-state index contributed by atoms with van der Waals surface area (Å²) in [6.45, 7) is 8.76. The van der Waals surface area contributed by atoms with Gasteiger partial charge in [0.2, 0.25) is 0 Å². The van der Waals surface area contributed by atoms with Gasteiger partial charge in [-0.05, 0) is 5.92 Å². The van der Waals surface area contributed by atoms with Gasteiger partial charge >= 0.3 is 0 Å². The largest absolute Gasteiger partial charge is 0.386 e. The topological polar surface area (TPSA) is 75.9 Å². The predicted octanol–water partition coefficient (Wildman–Crippen LogP) is 2.60. The molecule has 0 radical (unpaired) electrons. The fourth-order valence-electron chi connectivity index (χ4n) is 2.06. The van der Waals surface area contributed by atoms with E-state index < -0.39 is 6.10 Å². The molecule has 0 spiro atoms. The van der Waals surface area contributed by atoms with Gasteiger partial charge in [0, 0.05) is 43.0 Å². The first-order chi connectivity index (χ1) is 10.4. The van der Waals surface area contributed by atoms with E-state index in [-0.39, 0.29) is 5.92 Å². The normalized spacial score (nSPS) is 12.9. The molecule has 2 rings (SSSR count). The molecular formula is C16H25N5O. The summed E-state index contributed by atoms with van der Waals surface area (Å²) in [7, 11) is 1.83. The smallest absolute Gasteiger partial charge is 0.133 e. The third kappa shape index (κ3) is 4.04. The van der Waals surface area contributed by atoms with Gasteiger partial charge in [-0.3, -0.25) is 4.68 Å². The summed E-state index contributed by atoms with van der Waals surface area (Å²) in [5.74, 6) is 2.18. The van der Waals surface area contributed by atoms with E-state index in [1.54, 1.807) is 10.9 Å². The van der Waals surface area contributed by atoms with Crippen molar-refractivity contribution < 1.29 is 5.11 Å². The van der Waals surface area contributed by atoms with Crippen LogP contribution in [0.15, 0.2) is 18.5 Å². The molecule has 0 aliphatic rings. The zero-order valence-electron chi connectivity index (χ0n) is 13.9. The second kappa shape index (κ2) is 6.87. The van der Waals surface area contributed by atoms with Crippen molar-refractivity contribution in [1.29, 1.82) is 0 Å². The van der Waals surface area contributed by atoms with Gasteiger partial charge in [0.25, 0.3) is 0 Å². The number of hydrogen-bond acceptors (Lipinski definition) is 5. The Morgan fingerprint density at radius 3 is 2.45 bits per heavy atom. The van der Waals surface area contributed by atoms with Crippen molar-refractivity contribution in [3.63, 3.8) is 0 Å². The molecule has 0 amide bonds. The van der Waals surface area contributed by atoms with E-state index in [1.807, 2.05) is 19.3 Å². The van der Waals surface area contributed by atoms with Gasteiger partial charge in [-0.15, -0.1) is 0 Å². The molecule has 0 aliphatic heterocycles. The first-order valence-corrected chi connectivity index (χ1v) is 7.66. The molecule has 2 heterocycles. The minimum Gasteiger partial charge on any atom is -0.386 e. The number of aryl methyl sites for hydroxylation is 1. The zero-order valence-corrected chi connectivity index (χ0v) is 13.9. The molecule has 2 aromatic heterocycles. The lowest BCUT2D eigenvalue weighted by molar-refractivity contribution is 0.191. The van der Waals surface area contributed by atoms with Crippen molar-refractivity contribution in [2.75, 3.05) is 11.9 Å². The SMILES string of the molecule is CC(C)c1cc(NC[C@@H](O)c2cnn(C)c2)nc(C(C)C)n1. The molecule has 6 heteroatoms. The Hall–Kier alpha value is -1.95. The molecule has 6 nitrogen and oxygen atoms in total. The molecule has 0 bridgehead atoms. The number of nitrogens with one attached hydrogen (secondary N) is 1. The number of rotatable bonds is 6. The van der Waals surface area contributed by atoms with Crippen molar-refractivity contribution in [2.24, 2.45) is 7.05 Å². The number of aliphatic hydroxyl groups excluding tert-OH is 1. The van der Waals surface area contributed by atoms with Crippen LogP contribution in [-0.4, -0.2) is 31.4 Å². The maximum absolute atomic E-state index is 10.2. The third-order valence-corrected chi connectivity index (χ3v) is 3.46.